The van der Waals surface area contributed by atoms with E-state index in [4.69, 9.17) is 4.42 Å². The Hall–Kier alpha value is -3.51. The Bertz CT molecular complexity index is 1210. The second-order valence-corrected chi connectivity index (χ2v) is 8.52. The summed E-state index contributed by atoms with van der Waals surface area (Å²) < 4.78 is 5.74. The van der Waals surface area contributed by atoms with Crippen molar-refractivity contribution in [3.05, 3.63) is 84.3 Å². The van der Waals surface area contributed by atoms with Crippen molar-refractivity contribution in [3.63, 3.8) is 0 Å². The fourth-order valence-corrected chi connectivity index (χ4v) is 4.43. The molecule has 5 rings (SSSR count). The largest absolute Gasteiger partial charge is 0.421 e. The third-order valence-corrected chi connectivity index (χ3v) is 6.27. The van der Waals surface area contributed by atoms with E-state index < -0.39 is 0 Å². The zero-order chi connectivity index (χ0) is 22.5. The van der Waals surface area contributed by atoms with Crippen LogP contribution in [0.25, 0.3) is 22.2 Å². The number of carbonyl (C=O) groups excluding carboxylic acids is 1. The first-order valence-corrected chi connectivity index (χ1v) is 11.6. The number of fused-ring (bicyclic) bond motifs is 1. The van der Waals surface area contributed by atoms with E-state index in [1.807, 2.05) is 35.2 Å². The Balaban J connectivity index is 1.08. The van der Waals surface area contributed by atoms with Gasteiger partial charge in [0, 0.05) is 51.1 Å². The van der Waals surface area contributed by atoms with Crippen molar-refractivity contribution in [3.8, 4) is 11.5 Å². The molecule has 1 aromatic heterocycles. The molecule has 6 nitrogen and oxygen atoms in total. The molecule has 1 aliphatic rings. The number of piperazine rings is 1. The summed E-state index contributed by atoms with van der Waals surface area (Å²) in [6.45, 7) is 4.28. The molecular weight excluding hydrogens is 412 g/mol. The van der Waals surface area contributed by atoms with Crippen molar-refractivity contribution in [2.75, 3.05) is 26.2 Å². The van der Waals surface area contributed by atoms with Crippen LogP contribution in [0.1, 0.15) is 24.3 Å². The fraction of sp³-hybridized carbons (Fsp3) is 0.296. The number of nitrogens with zero attached hydrogens (tertiary/aromatic N) is 4. The molecule has 168 valence electrons. The Morgan fingerprint density at radius 2 is 1.61 bits per heavy atom. The maximum Gasteiger partial charge on any atom is 0.247 e. The van der Waals surface area contributed by atoms with Gasteiger partial charge in [-0.1, -0.05) is 60.7 Å². The molecule has 6 heteroatoms. The van der Waals surface area contributed by atoms with Crippen LogP contribution in [0.5, 0.6) is 0 Å². The molecule has 2 heterocycles. The summed E-state index contributed by atoms with van der Waals surface area (Å²) in [5.41, 5.74) is 2.26. The fourth-order valence-electron chi connectivity index (χ4n) is 4.43. The van der Waals surface area contributed by atoms with Gasteiger partial charge in [-0.2, -0.15) is 0 Å². The minimum atomic E-state index is 0.211. The molecule has 0 radical (unpaired) electrons. The number of benzene rings is 3. The third kappa shape index (κ3) is 5.12. The van der Waals surface area contributed by atoms with E-state index in [0.717, 1.165) is 38.3 Å². The molecule has 0 unspecified atom stereocenters. The van der Waals surface area contributed by atoms with Crippen molar-refractivity contribution >= 4 is 16.7 Å². The Kier molecular flexibility index (Phi) is 6.44. The van der Waals surface area contributed by atoms with Crippen LogP contribution in [0.2, 0.25) is 0 Å². The van der Waals surface area contributed by atoms with E-state index in [-0.39, 0.29) is 5.91 Å². The maximum absolute atomic E-state index is 12.7. The highest BCUT2D eigenvalue weighted by Gasteiger charge is 2.21. The minimum Gasteiger partial charge on any atom is -0.421 e. The zero-order valence-electron chi connectivity index (χ0n) is 18.7. The van der Waals surface area contributed by atoms with Gasteiger partial charge in [-0.3, -0.25) is 9.69 Å². The number of carbonyl (C=O) groups is 1. The Morgan fingerprint density at radius 1 is 0.848 bits per heavy atom. The number of rotatable bonds is 7. The van der Waals surface area contributed by atoms with Gasteiger partial charge < -0.3 is 9.32 Å². The lowest BCUT2D eigenvalue weighted by Crippen LogP contribution is -2.48. The molecule has 0 saturated carbocycles. The number of amides is 1. The molecule has 0 aliphatic carbocycles. The van der Waals surface area contributed by atoms with E-state index in [0.29, 0.717) is 31.0 Å². The topological polar surface area (TPSA) is 62.5 Å². The van der Waals surface area contributed by atoms with Crippen LogP contribution in [0.3, 0.4) is 0 Å². The summed E-state index contributed by atoms with van der Waals surface area (Å²) in [5.74, 6) is 1.32. The highest BCUT2D eigenvalue weighted by Crippen LogP contribution is 2.21. The molecule has 0 bridgehead atoms. The van der Waals surface area contributed by atoms with Gasteiger partial charge in [0.1, 0.15) is 0 Å². The lowest BCUT2D eigenvalue weighted by atomic mass is 10.0. The summed E-state index contributed by atoms with van der Waals surface area (Å²) in [4.78, 5) is 17.1. The standard InChI is InChI=1S/C27H28N4O2/c32-26(15-7-14-25-28-29-27(33-25)22-9-2-1-3-10-22)31-18-16-30(17-19-31)20-23-12-6-11-21-8-4-5-13-24(21)23/h1-6,8-13H,7,14-20H2. The van der Waals surface area contributed by atoms with Crippen LogP contribution >= 0.6 is 0 Å². The molecule has 1 saturated heterocycles. The van der Waals surface area contributed by atoms with E-state index in [1.165, 1.54) is 16.3 Å². The lowest BCUT2D eigenvalue weighted by Gasteiger charge is -2.35. The van der Waals surface area contributed by atoms with E-state index in [9.17, 15) is 4.79 Å². The number of aryl methyl sites for hydroxylation is 1. The zero-order valence-corrected chi connectivity index (χ0v) is 18.7. The molecule has 33 heavy (non-hydrogen) atoms. The quantitative estimate of drug-likeness (QED) is 0.422. The lowest BCUT2D eigenvalue weighted by molar-refractivity contribution is -0.133. The highest BCUT2D eigenvalue weighted by molar-refractivity contribution is 5.85. The van der Waals surface area contributed by atoms with Crippen molar-refractivity contribution < 1.29 is 9.21 Å². The summed E-state index contributed by atoms with van der Waals surface area (Å²) in [7, 11) is 0. The minimum absolute atomic E-state index is 0.211. The molecule has 1 fully saturated rings. The monoisotopic (exact) mass is 440 g/mol. The number of hydrogen-bond donors (Lipinski definition) is 0. The summed E-state index contributed by atoms with van der Waals surface area (Å²) >= 11 is 0. The molecule has 3 aromatic carbocycles. The number of aromatic nitrogens is 2. The average Bonchev–Trinajstić information content (AvgIpc) is 3.34. The Labute approximate surface area is 193 Å². The predicted octanol–water partition coefficient (Wildman–Crippen LogP) is 4.56. The van der Waals surface area contributed by atoms with E-state index in [1.54, 1.807) is 0 Å². The van der Waals surface area contributed by atoms with Crippen LogP contribution in [-0.4, -0.2) is 52.1 Å². The van der Waals surface area contributed by atoms with Crippen LogP contribution in [0.15, 0.2) is 77.2 Å². The van der Waals surface area contributed by atoms with Gasteiger partial charge in [-0.05, 0) is 34.9 Å². The smallest absolute Gasteiger partial charge is 0.247 e. The van der Waals surface area contributed by atoms with Gasteiger partial charge >= 0.3 is 0 Å². The average molecular weight is 441 g/mol. The first-order chi connectivity index (χ1) is 16.3. The molecule has 4 aromatic rings. The number of hydrogen-bond acceptors (Lipinski definition) is 5. The molecule has 1 aliphatic heterocycles. The van der Waals surface area contributed by atoms with Gasteiger partial charge in [0.05, 0.1) is 0 Å². The van der Waals surface area contributed by atoms with Crippen LogP contribution in [0.4, 0.5) is 0 Å². The van der Waals surface area contributed by atoms with Gasteiger partial charge in [-0.15, -0.1) is 10.2 Å². The van der Waals surface area contributed by atoms with Crippen LogP contribution in [-0.2, 0) is 17.8 Å². The predicted molar refractivity (Wildman–Crippen MR) is 128 cm³/mol. The molecule has 0 spiro atoms. The summed E-state index contributed by atoms with van der Waals surface area (Å²) in [6.07, 6.45) is 1.84. The summed E-state index contributed by atoms with van der Waals surface area (Å²) in [6, 6.07) is 24.8. The SMILES string of the molecule is O=C(CCCc1nnc(-c2ccccc2)o1)N1CCN(Cc2cccc3ccccc23)CC1. The molecule has 1 amide bonds. The van der Waals surface area contributed by atoms with Gasteiger partial charge in [0.15, 0.2) is 0 Å². The van der Waals surface area contributed by atoms with Crippen molar-refractivity contribution in [1.29, 1.82) is 0 Å². The van der Waals surface area contributed by atoms with E-state index in [2.05, 4.69) is 57.6 Å². The van der Waals surface area contributed by atoms with Gasteiger partial charge in [-0.25, -0.2) is 0 Å². The third-order valence-electron chi connectivity index (χ3n) is 6.27. The summed E-state index contributed by atoms with van der Waals surface area (Å²) in [5, 5.41) is 10.8. The first kappa shape index (κ1) is 21.3. The van der Waals surface area contributed by atoms with E-state index >= 15 is 0 Å². The Morgan fingerprint density at radius 3 is 2.45 bits per heavy atom. The van der Waals surface area contributed by atoms with Crippen molar-refractivity contribution in [2.24, 2.45) is 0 Å². The normalized spacial score (nSPS) is 14.6. The first-order valence-electron chi connectivity index (χ1n) is 11.6. The second kappa shape index (κ2) is 9.96. The maximum atomic E-state index is 12.7. The highest BCUT2D eigenvalue weighted by atomic mass is 16.4. The van der Waals surface area contributed by atoms with Gasteiger partial charge in [0.2, 0.25) is 17.7 Å². The van der Waals surface area contributed by atoms with Crippen molar-refractivity contribution in [1.82, 2.24) is 20.0 Å². The van der Waals surface area contributed by atoms with Gasteiger partial charge in [0.25, 0.3) is 0 Å². The van der Waals surface area contributed by atoms with Crippen molar-refractivity contribution in [2.45, 2.75) is 25.8 Å². The molecular formula is C27H28N4O2. The molecule has 0 atom stereocenters. The second-order valence-electron chi connectivity index (χ2n) is 8.52. The van der Waals surface area contributed by atoms with Crippen LogP contribution < -0.4 is 0 Å². The molecule has 0 N–H and O–H groups in total. The van der Waals surface area contributed by atoms with Crippen LogP contribution in [0, 0.1) is 0 Å².